The summed E-state index contributed by atoms with van der Waals surface area (Å²) in [5, 5.41) is 24.4. The van der Waals surface area contributed by atoms with Gasteiger partial charge in [-0.3, -0.25) is 0 Å². The molecule has 0 bridgehead atoms. The van der Waals surface area contributed by atoms with Crippen LogP contribution in [0.15, 0.2) is 30.5 Å². The Kier molecular flexibility index (Phi) is 5.26. The van der Waals surface area contributed by atoms with Gasteiger partial charge in [0.25, 0.3) is 0 Å². The summed E-state index contributed by atoms with van der Waals surface area (Å²) in [5.74, 6) is -0.959. The van der Waals surface area contributed by atoms with Crippen LogP contribution in [0.2, 0.25) is 0 Å². The summed E-state index contributed by atoms with van der Waals surface area (Å²) < 4.78 is 0. The van der Waals surface area contributed by atoms with Gasteiger partial charge in [0, 0.05) is 19.6 Å². The standard InChI is InChI=1S/C14H14N4O2S/c15-7-10-1-3-11(4-2-10)8-16-5-6-17-14-18-9-12(21-14)13(19)20/h1-4,9,16H,5-6,8H2,(H,17,18)(H,19,20). The zero-order valence-electron chi connectivity index (χ0n) is 11.2. The lowest BCUT2D eigenvalue weighted by atomic mass is 10.1. The van der Waals surface area contributed by atoms with Gasteiger partial charge in [-0.2, -0.15) is 5.26 Å². The number of hydrogen-bond donors (Lipinski definition) is 3. The summed E-state index contributed by atoms with van der Waals surface area (Å²) in [6.45, 7) is 2.09. The van der Waals surface area contributed by atoms with Gasteiger partial charge in [0.05, 0.1) is 17.8 Å². The van der Waals surface area contributed by atoms with Gasteiger partial charge in [-0.25, -0.2) is 9.78 Å². The van der Waals surface area contributed by atoms with Crippen molar-refractivity contribution in [3.05, 3.63) is 46.5 Å². The Morgan fingerprint density at radius 2 is 2.10 bits per heavy atom. The number of nitrogens with zero attached hydrogens (tertiary/aromatic N) is 2. The molecule has 0 saturated heterocycles. The molecule has 1 heterocycles. The van der Waals surface area contributed by atoms with Crippen LogP contribution in [0.5, 0.6) is 0 Å². The van der Waals surface area contributed by atoms with Crippen molar-refractivity contribution in [3.63, 3.8) is 0 Å². The first-order valence-corrected chi connectivity index (χ1v) is 7.13. The second-order valence-corrected chi connectivity index (χ2v) is 5.28. The number of carbonyl (C=O) groups is 1. The molecule has 1 aromatic carbocycles. The predicted octanol–water partition coefficient (Wildman–Crippen LogP) is 1.91. The Morgan fingerprint density at radius 1 is 1.33 bits per heavy atom. The van der Waals surface area contributed by atoms with E-state index in [1.165, 1.54) is 6.20 Å². The van der Waals surface area contributed by atoms with E-state index in [9.17, 15) is 4.79 Å². The number of aromatic carboxylic acids is 1. The fourth-order valence-electron chi connectivity index (χ4n) is 1.64. The first-order valence-electron chi connectivity index (χ1n) is 6.32. The lowest BCUT2D eigenvalue weighted by molar-refractivity contribution is 0.0702. The average Bonchev–Trinajstić information content (AvgIpc) is 2.97. The van der Waals surface area contributed by atoms with Crippen LogP contribution in [0.25, 0.3) is 0 Å². The van der Waals surface area contributed by atoms with Gasteiger partial charge in [0.1, 0.15) is 4.88 Å². The third-order valence-electron chi connectivity index (χ3n) is 2.71. The van der Waals surface area contributed by atoms with Crippen LogP contribution in [0.4, 0.5) is 5.13 Å². The monoisotopic (exact) mass is 302 g/mol. The van der Waals surface area contributed by atoms with Crippen LogP contribution in [-0.2, 0) is 6.54 Å². The molecule has 2 aromatic rings. The van der Waals surface area contributed by atoms with E-state index in [1.807, 2.05) is 12.1 Å². The quantitative estimate of drug-likeness (QED) is 0.676. The van der Waals surface area contributed by atoms with Gasteiger partial charge in [0.15, 0.2) is 5.13 Å². The summed E-state index contributed by atoms with van der Waals surface area (Å²) in [7, 11) is 0. The van der Waals surface area contributed by atoms with E-state index in [0.29, 0.717) is 23.8 Å². The Labute approximate surface area is 126 Å². The molecule has 21 heavy (non-hydrogen) atoms. The fourth-order valence-corrected chi connectivity index (χ4v) is 2.32. The Hall–Kier alpha value is -2.43. The number of thiazole rings is 1. The molecule has 0 amide bonds. The maximum atomic E-state index is 10.7. The molecular formula is C14H14N4O2S. The molecule has 7 heteroatoms. The van der Waals surface area contributed by atoms with E-state index in [2.05, 4.69) is 21.7 Å². The zero-order valence-corrected chi connectivity index (χ0v) is 12.0. The molecule has 0 fully saturated rings. The molecule has 6 nitrogen and oxygen atoms in total. The number of nitrogens with one attached hydrogen (secondary N) is 2. The molecule has 0 spiro atoms. The van der Waals surface area contributed by atoms with Crippen LogP contribution in [0.1, 0.15) is 20.8 Å². The molecule has 0 unspecified atom stereocenters. The first kappa shape index (κ1) is 15.0. The third kappa shape index (κ3) is 4.56. The molecular weight excluding hydrogens is 288 g/mol. The molecule has 1 aromatic heterocycles. The highest BCUT2D eigenvalue weighted by atomic mass is 32.1. The minimum Gasteiger partial charge on any atom is -0.477 e. The van der Waals surface area contributed by atoms with Gasteiger partial charge < -0.3 is 15.7 Å². The van der Waals surface area contributed by atoms with E-state index >= 15 is 0 Å². The molecule has 0 aliphatic heterocycles. The summed E-state index contributed by atoms with van der Waals surface area (Å²) in [6, 6.07) is 9.49. The molecule has 0 saturated carbocycles. The van der Waals surface area contributed by atoms with E-state index in [4.69, 9.17) is 10.4 Å². The second-order valence-electron chi connectivity index (χ2n) is 4.25. The van der Waals surface area contributed by atoms with Gasteiger partial charge in [0.2, 0.25) is 0 Å². The number of rotatable bonds is 7. The van der Waals surface area contributed by atoms with Gasteiger partial charge >= 0.3 is 5.97 Å². The maximum absolute atomic E-state index is 10.7. The van der Waals surface area contributed by atoms with Crippen molar-refractivity contribution in [3.8, 4) is 6.07 Å². The molecule has 0 radical (unpaired) electrons. The highest BCUT2D eigenvalue weighted by molar-refractivity contribution is 7.17. The zero-order chi connectivity index (χ0) is 15.1. The van der Waals surface area contributed by atoms with Crippen LogP contribution in [0, 0.1) is 11.3 Å². The van der Waals surface area contributed by atoms with Crippen LogP contribution >= 0.6 is 11.3 Å². The highest BCUT2D eigenvalue weighted by Crippen LogP contribution is 2.17. The van der Waals surface area contributed by atoms with Crippen LogP contribution in [-0.4, -0.2) is 29.1 Å². The average molecular weight is 302 g/mol. The van der Waals surface area contributed by atoms with Gasteiger partial charge in [-0.1, -0.05) is 23.5 Å². The lowest BCUT2D eigenvalue weighted by Crippen LogP contribution is -2.21. The summed E-state index contributed by atoms with van der Waals surface area (Å²) in [5.41, 5.74) is 1.76. The molecule has 2 rings (SSSR count). The Bertz CT molecular complexity index is 646. The molecule has 3 N–H and O–H groups in total. The van der Waals surface area contributed by atoms with E-state index < -0.39 is 5.97 Å². The van der Waals surface area contributed by atoms with Crippen molar-refractivity contribution in [2.45, 2.75) is 6.54 Å². The van der Waals surface area contributed by atoms with Crippen LogP contribution in [0.3, 0.4) is 0 Å². The van der Waals surface area contributed by atoms with E-state index in [-0.39, 0.29) is 4.88 Å². The summed E-state index contributed by atoms with van der Waals surface area (Å²) in [4.78, 5) is 14.9. The van der Waals surface area contributed by atoms with E-state index in [0.717, 1.165) is 23.4 Å². The maximum Gasteiger partial charge on any atom is 0.347 e. The number of carboxylic acids is 1. The molecule has 108 valence electrons. The van der Waals surface area contributed by atoms with Crippen molar-refractivity contribution >= 4 is 22.4 Å². The van der Waals surface area contributed by atoms with Crippen molar-refractivity contribution in [1.82, 2.24) is 10.3 Å². The van der Waals surface area contributed by atoms with Crippen molar-refractivity contribution in [1.29, 1.82) is 5.26 Å². The Balaban J connectivity index is 1.67. The molecule has 0 aliphatic carbocycles. The molecule has 0 atom stereocenters. The topological polar surface area (TPSA) is 98.0 Å². The minimum absolute atomic E-state index is 0.225. The van der Waals surface area contributed by atoms with Gasteiger partial charge in [-0.05, 0) is 17.7 Å². The number of anilines is 1. The SMILES string of the molecule is N#Cc1ccc(CNCCNc2ncc(C(=O)O)s2)cc1. The third-order valence-corrected chi connectivity index (χ3v) is 3.65. The number of benzene rings is 1. The van der Waals surface area contributed by atoms with Crippen LogP contribution < -0.4 is 10.6 Å². The smallest absolute Gasteiger partial charge is 0.347 e. The van der Waals surface area contributed by atoms with Gasteiger partial charge in [-0.15, -0.1) is 0 Å². The van der Waals surface area contributed by atoms with Crippen molar-refractivity contribution in [2.75, 3.05) is 18.4 Å². The molecule has 0 aliphatic rings. The van der Waals surface area contributed by atoms with E-state index in [1.54, 1.807) is 12.1 Å². The largest absolute Gasteiger partial charge is 0.477 e. The summed E-state index contributed by atoms with van der Waals surface area (Å²) in [6.07, 6.45) is 1.35. The number of hydrogen-bond acceptors (Lipinski definition) is 6. The second kappa shape index (κ2) is 7.38. The first-order chi connectivity index (χ1) is 10.2. The predicted molar refractivity (Wildman–Crippen MR) is 80.4 cm³/mol. The number of aromatic nitrogens is 1. The number of nitriles is 1. The highest BCUT2D eigenvalue weighted by Gasteiger charge is 2.07. The minimum atomic E-state index is -0.959. The Morgan fingerprint density at radius 3 is 2.71 bits per heavy atom. The van der Waals surface area contributed by atoms with Crippen molar-refractivity contribution in [2.24, 2.45) is 0 Å². The number of carboxylic acid groups (broad SMARTS) is 1. The fraction of sp³-hybridized carbons (Fsp3) is 0.214. The lowest BCUT2D eigenvalue weighted by Gasteiger charge is -2.05. The normalized spacial score (nSPS) is 10.0. The summed E-state index contributed by atoms with van der Waals surface area (Å²) >= 11 is 1.12. The van der Waals surface area contributed by atoms with Crippen molar-refractivity contribution < 1.29 is 9.90 Å².